The summed E-state index contributed by atoms with van der Waals surface area (Å²) in [6.45, 7) is 0.421. The summed E-state index contributed by atoms with van der Waals surface area (Å²) in [4.78, 5) is 25.2. The Hall–Kier alpha value is -1.89. The number of nitro groups is 1. The van der Waals surface area contributed by atoms with Crippen molar-refractivity contribution in [2.45, 2.75) is 18.9 Å². The van der Waals surface area contributed by atoms with E-state index < -0.39 is 4.92 Å². The van der Waals surface area contributed by atoms with Crippen LogP contribution in [0.15, 0.2) is 12.1 Å². The Morgan fingerprint density at radius 2 is 2.33 bits per heavy atom. The molecule has 1 amide bonds. The number of hydrogen-bond acceptors (Lipinski definition) is 5. The van der Waals surface area contributed by atoms with Gasteiger partial charge in [-0.05, 0) is 12.5 Å². The number of halogens is 1. The van der Waals surface area contributed by atoms with Gasteiger partial charge in [0.05, 0.1) is 4.92 Å². The molecule has 0 spiro atoms. The number of nitrogens with one attached hydrogen (secondary N) is 2. The Morgan fingerprint density at radius 1 is 1.56 bits per heavy atom. The van der Waals surface area contributed by atoms with Gasteiger partial charge in [-0.25, -0.2) is 4.98 Å². The molecule has 1 unspecified atom stereocenters. The lowest BCUT2D eigenvalue weighted by Gasteiger charge is -2.23. The Labute approximate surface area is 108 Å². The lowest BCUT2D eigenvalue weighted by Crippen LogP contribution is -2.42. The average molecular weight is 271 g/mol. The third kappa shape index (κ3) is 2.86. The molecule has 7 nitrogen and oxygen atoms in total. The fraction of sp³-hybridized carbons (Fsp3) is 0.400. The molecule has 1 aromatic rings. The second-order valence-electron chi connectivity index (χ2n) is 3.94. The summed E-state index contributed by atoms with van der Waals surface area (Å²) in [7, 11) is 0. The van der Waals surface area contributed by atoms with Crippen LogP contribution in [-0.4, -0.2) is 28.4 Å². The highest BCUT2D eigenvalue weighted by Gasteiger charge is 2.22. The predicted molar refractivity (Wildman–Crippen MR) is 65.6 cm³/mol. The fourth-order valence-corrected chi connectivity index (χ4v) is 1.88. The lowest BCUT2D eigenvalue weighted by atomic mass is 10.1. The van der Waals surface area contributed by atoms with E-state index in [0.29, 0.717) is 19.4 Å². The Morgan fingerprint density at radius 3 is 2.94 bits per heavy atom. The predicted octanol–water partition coefficient (Wildman–Crippen LogP) is 1.33. The largest absolute Gasteiger partial charge is 0.360 e. The molecule has 1 aliphatic heterocycles. The average Bonchev–Trinajstić information content (AvgIpc) is 2.32. The molecule has 0 aromatic carbocycles. The number of anilines is 1. The van der Waals surface area contributed by atoms with E-state index in [4.69, 9.17) is 11.6 Å². The molecule has 18 heavy (non-hydrogen) atoms. The number of nitrogens with zero attached hydrogens (tertiary/aromatic N) is 2. The Balaban J connectivity index is 2.15. The van der Waals surface area contributed by atoms with Crippen molar-refractivity contribution in [1.82, 2.24) is 10.3 Å². The highest BCUT2D eigenvalue weighted by Crippen LogP contribution is 2.25. The van der Waals surface area contributed by atoms with Crippen molar-refractivity contribution in [3.8, 4) is 0 Å². The summed E-state index contributed by atoms with van der Waals surface area (Å²) in [5.74, 6) is 0.121. The third-order valence-electron chi connectivity index (χ3n) is 2.64. The maximum absolute atomic E-state index is 11.0. The van der Waals surface area contributed by atoms with Gasteiger partial charge in [-0.15, -0.1) is 0 Å². The summed E-state index contributed by atoms with van der Waals surface area (Å²) >= 11 is 5.72. The second-order valence-corrected chi connectivity index (χ2v) is 4.33. The number of carbonyl (C=O) groups is 1. The topological polar surface area (TPSA) is 97.2 Å². The number of aromatic nitrogens is 1. The van der Waals surface area contributed by atoms with Gasteiger partial charge in [0.2, 0.25) is 11.7 Å². The Kier molecular flexibility index (Phi) is 3.61. The highest BCUT2D eigenvalue weighted by molar-refractivity contribution is 6.29. The number of piperidine rings is 1. The fourth-order valence-electron chi connectivity index (χ4n) is 1.73. The zero-order valence-electron chi connectivity index (χ0n) is 9.35. The van der Waals surface area contributed by atoms with Crippen molar-refractivity contribution in [2.24, 2.45) is 0 Å². The van der Waals surface area contributed by atoms with Crippen LogP contribution >= 0.6 is 11.6 Å². The molecule has 2 heterocycles. The van der Waals surface area contributed by atoms with Gasteiger partial charge in [0.15, 0.2) is 0 Å². The normalized spacial score (nSPS) is 19.2. The first-order valence-corrected chi connectivity index (χ1v) is 5.78. The molecule has 0 bridgehead atoms. The molecule has 0 aliphatic carbocycles. The number of rotatable bonds is 3. The molecule has 8 heteroatoms. The highest BCUT2D eigenvalue weighted by atomic mass is 35.5. The molecule has 0 saturated carbocycles. The first-order valence-electron chi connectivity index (χ1n) is 5.40. The van der Waals surface area contributed by atoms with E-state index in [-0.39, 0.29) is 28.6 Å². The molecular weight excluding hydrogens is 260 g/mol. The summed E-state index contributed by atoms with van der Waals surface area (Å²) in [6.07, 6.45) is 1.00. The lowest BCUT2D eigenvalue weighted by molar-refractivity contribution is -0.384. The monoisotopic (exact) mass is 270 g/mol. The van der Waals surface area contributed by atoms with E-state index in [1.165, 1.54) is 12.1 Å². The van der Waals surface area contributed by atoms with Gasteiger partial charge in [0.25, 0.3) is 0 Å². The van der Waals surface area contributed by atoms with E-state index in [1.807, 2.05) is 0 Å². The van der Waals surface area contributed by atoms with Gasteiger partial charge in [-0.1, -0.05) is 11.6 Å². The van der Waals surface area contributed by atoms with E-state index in [2.05, 4.69) is 15.6 Å². The SMILES string of the molecule is O=C1CCC(Nc2nc(Cl)ccc2[N+](=O)[O-])CN1. The van der Waals surface area contributed by atoms with Crippen molar-refractivity contribution in [2.75, 3.05) is 11.9 Å². The van der Waals surface area contributed by atoms with E-state index in [9.17, 15) is 14.9 Å². The second kappa shape index (κ2) is 5.18. The van der Waals surface area contributed by atoms with Gasteiger partial charge >= 0.3 is 5.69 Å². The molecule has 2 rings (SSSR count). The standard InChI is InChI=1S/C10H11ClN4O3/c11-8-3-2-7(15(17)18)10(14-8)13-6-1-4-9(16)12-5-6/h2-3,6H,1,4-5H2,(H,12,16)(H,13,14). The van der Waals surface area contributed by atoms with E-state index >= 15 is 0 Å². The van der Waals surface area contributed by atoms with Crippen molar-refractivity contribution in [1.29, 1.82) is 0 Å². The van der Waals surface area contributed by atoms with Gasteiger partial charge in [-0.3, -0.25) is 14.9 Å². The van der Waals surface area contributed by atoms with Crippen LogP contribution in [0.25, 0.3) is 0 Å². The quantitative estimate of drug-likeness (QED) is 0.491. The molecule has 96 valence electrons. The van der Waals surface area contributed by atoms with Crippen LogP contribution in [0.1, 0.15) is 12.8 Å². The van der Waals surface area contributed by atoms with Crippen molar-refractivity contribution in [3.05, 3.63) is 27.4 Å². The van der Waals surface area contributed by atoms with E-state index in [1.54, 1.807) is 0 Å². The third-order valence-corrected chi connectivity index (χ3v) is 2.85. The number of carbonyl (C=O) groups excluding carboxylic acids is 1. The minimum atomic E-state index is -0.521. The van der Waals surface area contributed by atoms with Gasteiger partial charge in [0, 0.05) is 25.1 Å². The van der Waals surface area contributed by atoms with Crippen LogP contribution in [-0.2, 0) is 4.79 Å². The van der Waals surface area contributed by atoms with Crippen LogP contribution in [0.4, 0.5) is 11.5 Å². The molecule has 1 aliphatic rings. The summed E-state index contributed by atoms with van der Waals surface area (Å²) in [6, 6.07) is 2.60. The van der Waals surface area contributed by atoms with Crippen LogP contribution in [0, 0.1) is 10.1 Å². The van der Waals surface area contributed by atoms with Crippen molar-refractivity contribution in [3.63, 3.8) is 0 Å². The zero-order valence-corrected chi connectivity index (χ0v) is 10.1. The maximum atomic E-state index is 11.0. The van der Waals surface area contributed by atoms with Crippen LogP contribution in [0.3, 0.4) is 0 Å². The first-order chi connectivity index (χ1) is 8.56. The van der Waals surface area contributed by atoms with Gasteiger partial charge < -0.3 is 10.6 Å². The van der Waals surface area contributed by atoms with Crippen LogP contribution < -0.4 is 10.6 Å². The summed E-state index contributed by atoms with van der Waals surface area (Å²) in [5.41, 5.74) is -0.128. The Bertz CT molecular complexity index is 484. The number of amides is 1. The number of pyridine rings is 1. The van der Waals surface area contributed by atoms with Crippen LogP contribution in [0.5, 0.6) is 0 Å². The first kappa shape index (κ1) is 12.6. The van der Waals surface area contributed by atoms with Crippen LogP contribution in [0.2, 0.25) is 5.15 Å². The smallest absolute Gasteiger partial charge is 0.311 e. The summed E-state index contributed by atoms with van der Waals surface area (Å²) < 4.78 is 0. The molecular formula is C10H11ClN4O3. The molecule has 2 N–H and O–H groups in total. The number of hydrogen-bond donors (Lipinski definition) is 2. The summed E-state index contributed by atoms with van der Waals surface area (Å²) in [5, 5.41) is 16.6. The molecule has 1 fully saturated rings. The minimum Gasteiger partial charge on any atom is -0.360 e. The van der Waals surface area contributed by atoms with Gasteiger partial charge in [-0.2, -0.15) is 0 Å². The molecule has 1 saturated heterocycles. The zero-order chi connectivity index (χ0) is 13.1. The van der Waals surface area contributed by atoms with E-state index in [0.717, 1.165) is 0 Å². The van der Waals surface area contributed by atoms with Crippen molar-refractivity contribution >= 4 is 29.0 Å². The van der Waals surface area contributed by atoms with Gasteiger partial charge in [0.1, 0.15) is 5.15 Å². The maximum Gasteiger partial charge on any atom is 0.311 e. The van der Waals surface area contributed by atoms with Crippen molar-refractivity contribution < 1.29 is 9.72 Å². The molecule has 1 aromatic heterocycles. The molecule has 0 radical (unpaired) electrons. The minimum absolute atomic E-state index is 0.0124. The molecule has 1 atom stereocenters.